The third-order valence-electron chi connectivity index (χ3n) is 4.39. The van der Waals surface area contributed by atoms with Crippen molar-refractivity contribution in [3.05, 3.63) is 66.2 Å². The van der Waals surface area contributed by atoms with Crippen molar-refractivity contribution in [1.29, 1.82) is 0 Å². The maximum Gasteiger partial charge on any atom is 0.258 e. The molecule has 0 fully saturated rings. The summed E-state index contributed by atoms with van der Waals surface area (Å²) in [6.45, 7) is 1.83. The topological polar surface area (TPSA) is 56.8 Å². The van der Waals surface area contributed by atoms with Crippen LogP contribution in [-0.2, 0) is 4.79 Å². The van der Waals surface area contributed by atoms with E-state index in [9.17, 15) is 4.79 Å². The Bertz CT molecular complexity index is 933. The van der Waals surface area contributed by atoms with E-state index in [1.54, 1.807) is 14.2 Å². The monoisotopic (exact) mass is 365 g/mol. The van der Waals surface area contributed by atoms with Gasteiger partial charge in [0.25, 0.3) is 5.91 Å². The van der Waals surface area contributed by atoms with Crippen molar-refractivity contribution in [3.63, 3.8) is 0 Å². The average molecular weight is 365 g/mol. The molecule has 0 aliphatic heterocycles. The largest absolute Gasteiger partial charge is 0.497 e. The Morgan fingerprint density at radius 3 is 2.52 bits per heavy atom. The van der Waals surface area contributed by atoms with E-state index in [2.05, 4.69) is 5.32 Å². The molecule has 5 nitrogen and oxygen atoms in total. The van der Waals surface area contributed by atoms with E-state index in [0.29, 0.717) is 17.2 Å². The maximum absolute atomic E-state index is 12.4. The summed E-state index contributed by atoms with van der Waals surface area (Å²) in [7, 11) is 3.20. The molecule has 0 saturated heterocycles. The van der Waals surface area contributed by atoms with Crippen LogP contribution in [0.4, 0.5) is 0 Å². The molecule has 0 aliphatic carbocycles. The number of fused-ring (bicyclic) bond motifs is 1. The first-order chi connectivity index (χ1) is 13.1. The quantitative estimate of drug-likeness (QED) is 0.684. The normalized spacial score (nSPS) is 11.7. The number of rotatable bonds is 7. The molecule has 1 amide bonds. The molecule has 5 heteroatoms. The van der Waals surface area contributed by atoms with Gasteiger partial charge in [-0.1, -0.05) is 36.4 Å². The number of hydrogen-bond acceptors (Lipinski definition) is 4. The van der Waals surface area contributed by atoms with Gasteiger partial charge in [-0.2, -0.15) is 0 Å². The molecule has 0 bridgehead atoms. The Kier molecular flexibility index (Phi) is 5.81. The second kappa shape index (κ2) is 8.45. The lowest BCUT2D eigenvalue weighted by atomic mass is 10.1. The minimum absolute atomic E-state index is 0.0648. The summed E-state index contributed by atoms with van der Waals surface area (Å²) in [6, 6.07) is 19.0. The summed E-state index contributed by atoms with van der Waals surface area (Å²) in [5, 5.41) is 5.00. The van der Waals surface area contributed by atoms with Crippen LogP contribution in [0.25, 0.3) is 10.8 Å². The Morgan fingerprint density at radius 1 is 0.963 bits per heavy atom. The molecule has 3 aromatic rings. The van der Waals surface area contributed by atoms with Gasteiger partial charge in [-0.05, 0) is 36.6 Å². The van der Waals surface area contributed by atoms with Crippen LogP contribution < -0.4 is 19.5 Å². The summed E-state index contributed by atoms with van der Waals surface area (Å²) in [4.78, 5) is 12.4. The third-order valence-corrected chi connectivity index (χ3v) is 4.39. The van der Waals surface area contributed by atoms with Gasteiger partial charge >= 0.3 is 0 Å². The lowest BCUT2D eigenvalue weighted by Crippen LogP contribution is -2.31. The lowest BCUT2D eigenvalue weighted by molar-refractivity contribution is -0.123. The van der Waals surface area contributed by atoms with Crippen molar-refractivity contribution in [2.75, 3.05) is 20.8 Å². The number of methoxy groups -OCH3 is 2. The molecular formula is C22H23NO4. The predicted octanol–water partition coefficient (Wildman–Crippen LogP) is 4.11. The maximum atomic E-state index is 12.4. The average Bonchev–Trinajstić information content (AvgIpc) is 2.71. The Morgan fingerprint density at radius 2 is 1.74 bits per heavy atom. The first kappa shape index (κ1) is 18.6. The molecule has 140 valence electrons. The molecule has 27 heavy (non-hydrogen) atoms. The second-order valence-corrected chi connectivity index (χ2v) is 6.16. The van der Waals surface area contributed by atoms with E-state index < -0.39 is 0 Å². The van der Waals surface area contributed by atoms with Crippen molar-refractivity contribution in [2.24, 2.45) is 0 Å². The van der Waals surface area contributed by atoms with Gasteiger partial charge < -0.3 is 19.5 Å². The van der Waals surface area contributed by atoms with Gasteiger partial charge in [0, 0.05) is 10.9 Å². The molecular weight excluding hydrogens is 342 g/mol. The van der Waals surface area contributed by atoms with Crippen LogP contribution in [0, 0.1) is 0 Å². The van der Waals surface area contributed by atoms with E-state index >= 15 is 0 Å². The van der Waals surface area contributed by atoms with Crippen molar-refractivity contribution in [2.45, 2.75) is 13.0 Å². The fraction of sp³-hybridized carbons (Fsp3) is 0.227. The molecule has 1 atom stereocenters. The van der Waals surface area contributed by atoms with E-state index in [-0.39, 0.29) is 18.6 Å². The SMILES string of the molecule is COc1ccc(OC)c([C@H](C)NC(=O)COc2cccc3ccccc23)c1. The number of ether oxygens (including phenoxy) is 3. The number of amides is 1. The number of benzene rings is 3. The molecule has 3 rings (SSSR count). The van der Waals surface area contributed by atoms with Gasteiger partial charge in [-0.25, -0.2) is 0 Å². The van der Waals surface area contributed by atoms with Crippen LogP contribution >= 0.6 is 0 Å². The molecule has 0 unspecified atom stereocenters. The van der Waals surface area contributed by atoms with Crippen LogP contribution in [0.5, 0.6) is 17.2 Å². The zero-order valence-corrected chi connectivity index (χ0v) is 15.7. The zero-order valence-electron chi connectivity index (χ0n) is 15.7. The minimum atomic E-state index is -0.251. The van der Waals surface area contributed by atoms with Crippen molar-refractivity contribution >= 4 is 16.7 Å². The second-order valence-electron chi connectivity index (χ2n) is 6.16. The Labute approximate surface area is 158 Å². The van der Waals surface area contributed by atoms with E-state index in [4.69, 9.17) is 14.2 Å². The first-order valence-electron chi connectivity index (χ1n) is 8.74. The molecule has 0 aliphatic rings. The highest BCUT2D eigenvalue weighted by atomic mass is 16.5. The minimum Gasteiger partial charge on any atom is -0.497 e. The lowest BCUT2D eigenvalue weighted by Gasteiger charge is -2.18. The van der Waals surface area contributed by atoms with Crippen LogP contribution in [0.3, 0.4) is 0 Å². The van der Waals surface area contributed by atoms with E-state index in [0.717, 1.165) is 16.3 Å². The first-order valence-corrected chi connectivity index (χ1v) is 8.74. The van der Waals surface area contributed by atoms with Gasteiger partial charge in [-0.15, -0.1) is 0 Å². The van der Waals surface area contributed by atoms with Crippen molar-refractivity contribution in [3.8, 4) is 17.2 Å². The van der Waals surface area contributed by atoms with Crippen LogP contribution in [0.2, 0.25) is 0 Å². The van der Waals surface area contributed by atoms with Crippen LogP contribution in [0.15, 0.2) is 60.7 Å². The molecule has 0 radical (unpaired) electrons. The molecule has 3 aromatic carbocycles. The highest BCUT2D eigenvalue weighted by molar-refractivity contribution is 5.88. The number of carbonyl (C=O) groups is 1. The highest BCUT2D eigenvalue weighted by Crippen LogP contribution is 2.29. The summed E-state index contributed by atoms with van der Waals surface area (Å²) in [6.07, 6.45) is 0. The summed E-state index contributed by atoms with van der Waals surface area (Å²) in [5.41, 5.74) is 0.843. The van der Waals surface area contributed by atoms with Gasteiger partial charge in [0.05, 0.1) is 20.3 Å². The molecule has 0 heterocycles. The summed E-state index contributed by atoms with van der Waals surface area (Å²) >= 11 is 0. The van der Waals surface area contributed by atoms with Gasteiger partial charge in [0.15, 0.2) is 6.61 Å². The standard InChI is InChI=1S/C22H23NO4/c1-15(19-13-17(25-2)11-12-20(19)26-3)23-22(24)14-27-21-10-6-8-16-7-4-5-9-18(16)21/h4-13,15H,14H2,1-3H3,(H,23,24)/t15-/m0/s1. The molecule has 0 spiro atoms. The molecule has 1 N–H and O–H groups in total. The molecule has 0 saturated carbocycles. The number of carbonyl (C=O) groups excluding carboxylic acids is 1. The van der Waals surface area contributed by atoms with Crippen LogP contribution in [0.1, 0.15) is 18.5 Å². The Balaban J connectivity index is 1.67. The van der Waals surface area contributed by atoms with Gasteiger partial charge in [0.2, 0.25) is 0 Å². The van der Waals surface area contributed by atoms with Gasteiger partial charge in [-0.3, -0.25) is 4.79 Å². The van der Waals surface area contributed by atoms with E-state index in [1.807, 2.05) is 67.6 Å². The third kappa shape index (κ3) is 4.31. The fourth-order valence-electron chi connectivity index (χ4n) is 3.00. The van der Waals surface area contributed by atoms with Crippen LogP contribution in [-0.4, -0.2) is 26.7 Å². The molecule has 0 aromatic heterocycles. The van der Waals surface area contributed by atoms with E-state index in [1.165, 1.54) is 0 Å². The highest BCUT2D eigenvalue weighted by Gasteiger charge is 2.16. The fourth-order valence-corrected chi connectivity index (χ4v) is 3.00. The summed E-state index contributed by atoms with van der Waals surface area (Å²) < 4.78 is 16.4. The summed E-state index contributed by atoms with van der Waals surface area (Å²) in [5.74, 6) is 1.88. The number of nitrogens with one attached hydrogen (secondary N) is 1. The number of hydrogen-bond donors (Lipinski definition) is 1. The van der Waals surface area contributed by atoms with Gasteiger partial charge in [0.1, 0.15) is 17.2 Å². The van der Waals surface area contributed by atoms with Crippen molar-refractivity contribution < 1.29 is 19.0 Å². The smallest absolute Gasteiger partial charge is 0.258 e. The zero-order chi connectivity index (χ0) is 19.2. The van der Waals surface area contributed by atoms with Crippen molar-refractivity contribution in [1.82, 2.24) is 5.32 Å². The Hall–Kier alpha value is -3.21. The predicted molar refractivity (Wildman–Crippen MR) is 106 cm³/mol.